The van der Waals surface area contributed by atoms with Gasteiger partial charge in [0.25, 0.3) is 0 Å². The van der Waals surface area contributed by atoms with Crippen LogP contribution in [0, 0.1) is 34.0 Å². The number of carboxylic acid groups (broad SMARTS) is 1. The molecule has 0 amide bonds. The van der Waals surface area contributed by atoms with E-state index in [1.807, 2.05) is 0 Å². The van der Waals surface area contributed by atoms with Gasteiger partial charge in [-0.25, -0.2) is 0 Å². The van der Waals surface area contributed by atoms with Gasteiger partial charge in [-0.1, -0.05) is 6.92 Å². The molecular formula is C20H32O5. The third-order valence-electron chi connectivity index (χ3n) is 9.52. The second kappa shape index (κ2) is 5.20. The summed E-state index contributed by atoms with van der Waals surface area (Å²) < 4.78 is 0. The van der Waals surface area contributed by atoms with Crippen molar-refractivity contribution in [3.8, 4) is 0 Å². The predicted molar refractivity (Wildman–Crippen MR) is 91.7 cm³/mol. The van der Waals surface area contributed by atoms with Crippen LogP contribution < -0.4 is 0 Å². The zero-order valence-corrected chi connectivity index (χ0v) is 15.4. The van der Waals surface area contributed by atoms with Crippen LogP contribution >= 0.6 is 0 Å². The van der Waals surface area contributed by atoms with Crippen LogP contribution in [0.25, 0.3) is 0 Å². The second-order valence-electron chi connectivity index (χ2n) is 9.94. The van der Waals surface area contributed by atoms with Crippen molar-refractivity contribution in [2.24, 2.45) is 34.0 Å². The highest BCUT2D eigenvalue weighted by Crippen LogP contribution is 2.75. The lowest BCUT2D eigenvalue weighted by molar-refractivity contribution is -0.217. The fourth-order valence-corrected chi connectivity index (χ4v) is 7.88. The van der Waals surface area contributed by atoms with E-state index in [4.69, 9.17) is 0 Å². The van der Waals surface area contributed by atoms with Crippen molar-refractivity contribution < 1.29 is 25.2 Å². The molecule has 4 N–H and O–H groups in total. The van der Waals surface area contributed by atoms with E-state index in [0.717, 1.165) is 38.5 Å². The second-order valence-corrected chi connectivity index (χ2v) is 9.94. The molecule has 25 heavy (non-hydrogen) atoms. The van der Waals surface area contributed by atoms with Crippen LogP contribution in [0.5, 0.6) is 0 Å². The average molecular weight is 352 g/mol. The molecule has 0 unspecified atom stereocenters. The first-order chi connectivity index (χ1) is 11.6. The molecule has 4 aliphatic rings. The highest BCUT2D eigenvalue weighted by Gasteiger charge is 2.71. The minimum Gasteiger partial charge on any atom is -0.481 e. The van der Waals surface area contributed by atoms with Crippen LogP contribution in [0.1, 0.15) is 65.2 Å². The molecular weight excluding hydrogens is 320 g/mol. The molecule has 0 aromatic heterocycles. The van der Waals surface area contributed by atoms with Gasteiger partial charge in [0, 0.05) is 0 Å². The number of aliphatic hydroxyl groups excluding tert-OH is 2. The molecule has 0 saturated heterocycles. The minimum atomic E-state index is -1.09. The van der Waals surface area contributed by atoms with Crippen LogP contribution in [0.2, 0.25) is 0 Å². The normalized spacial score (nSPS) is 57.6. The molecule has 8 atom stereocenters. The first kappa shape index (κ1) is 17.7. The fraction of sp³-hybridized carbons (Fsp3) is 0.950. The molecule has 0 radical (unpaired) electrons. The topological polar surface area (TPSA) is 98.0 Å². The van der Waals surface area contributed by atoms with Gasteiger partial charge in [0.1, 0.15) is 0 Å². The zero-order chi connectivity index (χ0) is 18.3. The number of hydrogen-bond donors (Lipinski definition) is 4. The molecule has 0 heterocycles. The zero-order valence-electron chi connectivity index (χ0n) is 15.4. The number of rotatable bonds is 2. The summed E-state index contributed by atoms with van der Waals surface area (Å²) in [5, 5.41) is 41.1. The van der Waals surface area contributed by atoms with Crippen LogP contribution in [0.4, 0.5) is 0 Å². The molecule has 2 bridgehead atoms. The number of hydrogen-bond acceptors (Lipinski definition) is 4. The molecule has 4 fully saturated rings. The van der Waals surface area contributed by atoms with Crippen molar-refractivity contribution in [2.45, 2.75) is 76.9 Å². The molecule has 0 aromatic carbocycles. The van der Waals surface area contributed by atoms with E-state index in [2.05, 4.69) is 6.92 Å². The first-order valence-electron chi connectivity index (χ1n) is 9.89. The Morgan fingerprint density at radius 2 is 1.80 bits per heavy atom. The molecule has 142 valence electrons. The lowest BCUT2D eigenvalue weighted by Crippen LogP contribution is -2.64. The molecule has 1 spiro atoms. The minimum absolute atomic E-state index is 0.0310. The Morgan fingerprint density at radius 3 is 2.44 bits per heavy atom. The molecule has 5 heteroatoms. The van der Waals surface area contributed by atoms with Crippen molar-refractivity contribution in [3.05, 3.63) is 0 Å². The smallest absolute Gasteiger partial charge is 0.312 e. The Morgan fingerprint density at radius 1 is 1.08 bits per heavy atom. The number of fused-ring (bicyclic) bond motifs is 2. The Labute approximate surface area is 149 Å². The quantitative estimate of drug-likeness (QED) is 0.611. The van der Waals surface area contributed by atoms with Gasteiger partial charge >= 0.3 is 5.97 Å². The van der Waals surface area contributed by atoms with E-state index >= 15 is 0 Å². The van der Waals surface area contributed by atoms with Crippen LogP contribution in [-0.2, 0) is 4.79 Å². The molecule has 4 aliphatic carbocycles. The van der Waals surface area contributed by atoms with Gasteiger partial charge < -0.3 is 20.4 Å². The van der Waals surface area contributed by atoms with Crippen molar-refractivity contribution in [2.75, 3.05) is 6.61 Å². The van der Waals surface area contributed by atoms with Crippen LogP contribution in [0.3, 0.4) is 0 Å². The SMILES string of the molecule is C[C@@]1(C(=O)O)[C@H](O)CC[C@@]2(C)[C@H]1CC[C@H]1C[C@@H]3C[C@@]12CC[C@]3(O)CO. The Kier molecular flexibility index (Phi) is 3.69. The lowest BCUT2D eigenvalue weighted by atomic mass is 9.39. The fourth-order valence-electron chi connectivity index (χ4n) is 7.88. The molecule has 4 saturated carbocycles. The summed E-state index contributed by atoms with van der Waals surface area (Å²) in [6.45, 7) is 3.84. The maximum absolute atomic E-state index is 12.2. The number of aliphatic carboxylic acids is 1. The van der Waals surface area contributed by atoms with Crippen molar-refractivity contribution in [3.63, 3.8) is 0 Å². The maximum atomic E-state index is 12.2. The lowest BCUT2D eigenvalue weighted by Gasteiger charge is -2.65. The van der Waals surface area contributed by atoms with Gasteiger partial charge in [0.05, 0.1) is 23.7 Å². The number of carbonyl (C=O) groups is 1. The van der Waals surface area contributed by atoms with Crippen molar-refractivity contribution in [1.82, 2.24) is 0 Å². The summed E-state index contributed by atoms with van der Waals surface area (Å²) in [4.78, 5) is 12.2. The van der Waals surface area contributed by atoms with Crippen LogP contribution in [-0.4, -0.2) is 44.7 Å². The monoisotopic (exact) mass is 352 g/mol. The predicted octanol–water partition coefficient (Wildman–Crippen LogP) is 2.18. The van der Waals surface area contributed by atoms with Gasteiger partial charge in [-0.05, 0) is 86.9 Å². The summed E-state index contributed by atoms with van der Waals surface area (Å²) in [5.41, 5.74) is -2.11. The third-order valence-corrected chi connectivity index (χ3v) is 9.52. The van der Waals surface area contributed by atoms with E-state index < -0.39 is 23.1 Å². The van der Waals surface area contributed by atoms with Crippen LogP contribution in [0.15, 0.2) is 0 Å². The van der Waals surface area contributed by atoms with E-state index in [1.165, 1.54) is 0 Å². The Balaban J connectivity index is 1.77. The highest BCUT2D eigenvalue weighted by atomic mass is 16.4. The van der Waals surface area contributed by atoms with E-state index in [1.54, 1.807) is 6.92 Å². The molecule has 0 aromatic rings. The molecule has 0 aliphatic heterocycles. The third kappa shape index (κ3) is 1.93. The van der Waals surface area contributed by atoms with E-state index in [0.29, 0.717) is 18.8 Å². The largest absolute Gasteiger partial charge is 0.481 e. The van der Waals surface area contributed by atoms with Gasteiger partial charge in [-0.15, -0.1) is 0 Å². The molecule has 4 rings (SSSR count). The van der Waals surface area contributed by atoms with Gasteiger partial charge in [-0.3, -0.25) is 4.79 Å². The summed E-state index contributed by atoms with van der Waals surface area (Å²) in [5.74, 6) is -0.276. The molecule has 5 nitrogen and oxygen atoms in total. The summed E-state index contributed by atoms with van der Waals surface area (Å²) >= 11 is 0. The summed E-state index contributed by atoms with van der Waals surface area (Å²) in [6, 6.07) is 0. The van der Waals surface area contributed by atoms with Crippen molar-refractivity contribution in [1.29, 1.82) is 0 Å². The number of carboxylic acids is 1. The van der Waals surface area contributed by atoms with E-state index in [-0.39, 0.29) is 29.3 Å². The Hall–Kier alpha value is -0.650. The highest BCUT2D eigenvalue weighted by molar-refractivity contribution is 5.76. The van der Waals surface area contributed by atoms with Gasteiger partial charge in [0.15, 0.2) is 0 Å². The van der Waals surface area contributed by atoms with E-state index in [9.17, 15) is 25.2 Å². The Bertz CT molecular complexity index is 593. The summed E-state index contributed by atoms with van der Waals surface area (Å²) in [6.07, 6.45) is 5.76. The first-order valence-corrected chi connectivity index (χ1v) is 9.89. The summed E-state index contributed by atoms with van der Waals surface area (Å²) in [7, 11) is 0. The average Bonchev–Trinajstić information content (AvgIpc) is 2.92. The van der Waals surface area contributed by atoms with Crippen molar-refractivity contribution >= 4 is 5.97 Å². The standard InChI is InChI=1S/C20H32O5/c1-17-6-5-15(22)18(2,16(23)24)14(17)4-3-12-9-13-10-19(12,17)7-8-20(13,25)11-21/h12-15,21-22,25H,3-11H2,1-2H3,(H,23,24)/t12-,13+,14+,15+,17-,18-,19-,20-/m0/s1. The van der Waals surface area contributed by atoms with Gasteiger partial charge in [-0.2, -0.15) is 0 Å². The number of aliphatic hydroxyl groups is 3. The maximum Gasteiger partial charge on any atom is 0.312 e. The van der Waals surface area contributed by atoms with Gasteiger partial charge in [0.2, 0.25) is 0 Å².